The molecule has 0 fully saturated rings. The number of esters is 1. The molecule has 0 bridgehead atoms. The van der Waals surface area contributed by atoms with E-state index in [0.29, 0.717) is 5.57 Å². The van der Waals surface area contributed by atoms with E-state index in [4.69, 9.17) is 4.74 Å². The maximum Gasteiger partial charge on any atom is 0.338 e. The number of para-hydroxylation sites is 1. The van der Waals surface area contributed by atoms with Crippen molar-refractivity contribution in [1.82, 2.24) is 0 Å². The quantitative estimate of drug-likeness (QED) is 0.710. The minimum Gasteiger partial charge on any atom is -0.465 e. The second-order valence-electron chi connectivity index (χ2n) is 3.55. The van der Waals surface area contributed by atoms with Crippen molar-refractivity contribution in [3.05, 3.63) is 35.9 Å². The van der Waals surface area contributed by atoms with Crippen LogP contribution in [-0.2, 0) is 9.53 Å². The van der Waals surface area contributed by atoms with Crippen LogP contribution in [0.1, 0.15) is 12.5 Å². The number of fused-ring (bicyclic) bond motifs is 1. The first-order chi connectivity index (χ1) is 7.22. The molecule has 3 nitrogen and oxygen atoms in total. The second kappa shape index (κ2) is 3.77. The summed E-state index contributed by atoms with van der Waals surface area (Å²) in [7, 11) is 1.40. The van der Waals surface area contributed by atoms with Crippen LogP contribution in [-0.4, -0.2) is 19.1 Å². The largest absolute Gasteiger partial charge is 0.465 e. The summed E-state index contributed by atoms with van der Waals surface area (Å²) in [5.41, 5.74) is 2.52. The fourth-order valence-corrected chi connectivity index (χ4v) is 1.76. The van der Waals surface area contributed by atoms with Crippen LogP contribution >= 0.6 is 0 Å². The van der Waals surface area contributed by atoms with Crippen LogP contribution in [0, 0.1) is 0 Å². The monoisotopic (exact) mass is 203 g/mol. The first-order valence-electron chi connectivity index (χ1n) is 4.88. The number of carbonyl (C=O) groups excluding carboxylic acids is 1. The van der Waals surface area contributed by atoms with Gasteiger partial charge in [0.15, 0.2) is 0 Å². The Labute approximate surface area is 88.8 Å². The van der Waals surface area contributed by atoms with Crippen molar-refractivity contribution in [1.29, 1.82) is 0 Å². The SMILES string of the molecule is COC(=O)C1=CC(C)Nc2ccccc21. The highest BCUT2D eigenvalue weighted by Crippen LogP contribution is 2.29. The minimum atomic E-state index is -0.282. The number of hydrogen-bond acceptors (Lipinski definition) is 3. The Morgan fingerprint density at radius 3 is 2.87 bits per heavy atom. The zero-order valence-corrected chi connectivity index (χ0v) is 8.78. The van der Waals surface area contributed by atoms with Gasteiger partial charge in [-0.05, 0) is 19.1 Å². The number of anilines is 1. The molecule has 1 aromatic carbocycles. The molecule has 1 aromatic rings. The van der Waals surface area contributed by atoms with E-state index in [2.05, 4.69) is 5.32 Å². The molecule has 0 saturated carbocycles. The molecule has 1 heterocycles. The number of hydrogen-bond donors (Lipinski definition) is 1. The summed E-state index contributed by atoms with van der Waals surface area (Å²) in [5.74, 6) is -0.282. The van der Waals surface area contributed by atoms with Crippen molar-refractivity contribution in [2.24, 2.45) is 0 Å². The Bertz CT molecular complexity index is 423. The molecule has 0 amide bonds. The smallest absolute Gasteiger partial charge is 0.338 e. The van der Waals surface area contributed by atoms with Crippen molar-refractivity contribution < 1.29 is 9.53 Å². The summed E-state index contributed by atoms with van der Waals surface area (Å²) < 4.78 is 4.76. The highest BCUT2D eigenvalue weighted by atomic mass is 16.5. The summed E-state index contributed by atoms with van der Waals surface area (Å²) in [6.45, 7) is 2.00. The van der Waals surface area contributed by atoms with E-state index in [1.807, 2.05) is 37.3 Å². The zero-order chi connectivity index (χ0) is 10.8. The molecule has 1 aliphatic heterocycles. The lowest BCUT2D eigenvalue weighted by molar-refractivity contribution is -0.133. The van der Waals surface area contributed by atoms with E-state index in [1.165, 1.54) is 7.11 Å². The number of ether oxygens (including phenoxy) is 1. The van der Waals surface area contributed by atoms with Crippen LogP contribution in [0.2, 0.25) is 0 Å². The van der Waals surface area contributed by atoms with E-state index >= 15 is 0 Å². The molecule has 78 valence electrons. The fourth-order valence-electron chi connectivity index (χ4n) is 1.76. The highest BCUT2D eigenvalue weighted by Gasteiger charge is 2.21. The predicted molar refractivity (Wildman–Crippen MR) is 59.5 cm³/mol. The number of nitrogens with one attached hydrogen (secondary N) is 1. The van der Waals surface area contributed by atoms with Gasteiger partial charge in [-0.25, -0.2) is 4.79 Å². The summed E-state index contributed by atoms with van der Waals surface area (Å²) >= 11 is 0. The number of benzene rings is 1. The van der Waals surface area contributed by atoms with Gasteiger partial charge in [0.05, 0.1) is 12.7 Å². The van der Waals surface area contributed by atoms with Crippen LogP contribution in [0.4, 0.5) is 5.69 Å². The Kier molecular flexibility index (Phi) is 2.46. The summed E-state index contributed by atoms with van der Waals surface area (Å²) in [5, 5.41) is 3.28. The van der Waals surface area contributed by atoms with Gasteiger partial charge >= 0.3 is 5.97 Å². The molecular formula is C12H13NO2. The first kappa shape index (κ1) is 9.77. The number of rotatable bonds is 1. The van der Waals surface area contributed by atoms with Gasteiger partial charge in [-0.3, -0.25) is 0 Å². The van der Waals surface area contributed by atoms with Gasteiger partial charge in [0.1, 0.15) is 0 Å². The second-order valence-corrected chi connectivity index (χ2v) is 3.55. The molecule has 0 radical (unpaired) electrons. The van der Waals surface area contributed by atoms with Crippen molar-refractivity contribution >= 4 is 17.2 Å². The molecule has 1 unspecified atom stereocenters. The fraction of sp³-hybridized carbons (Fsp3) is 0.250. The molecule has 0 aliphatic carbocycles. The molecule has 0 saturated heterocycles. The van der Waals surface area contributed by atoms with Crippen LogP contribution in [0.15, 0.2) is 30.3 Å². The molecule has 3 heteroatoms. The zero-order valence-electron chi connectivity index (χ0n) is 8.78. The van der Waals surface area contributed by atoms with Crippen LogP contribution in [0.3, 0.4) is 0 Å². The average Bonchev–Trinajstić information content (AvgIpc) is 2.26. The molecule has 2 rings (SSSR count). The lowest BCUT2D eigenvalue weighted by Gasteiger charge is -2.22. The third kappa shape index (κ3) is 1.73. The van der Waals surface area contributed by atoms with Gasteiger partial charge in [-0.1, -0.05) is 18.2 Å². The topological polar surface area (TPSA) is 38.3 Å². The Morgan fingerprint density at radius 1 is 1.40 bits per heavy atom. The maximum atomic E-state index is 11.6. The minimum absolute atomic E-state index is 0.147. The molecular weight excluding hydrogens is 190 g/mol. The van der Waals surface area contributed by atoms with Crippen LogP contribution in [0.25, 0.3) is 5.57 Å². The predicted octanol–water partition coefficient (Wildman–Crippen LogP) is 2.06. The van der Waals surface area contributed by atoms with Gasteiger partial charge < -0.3 is 10.1 Å². The van der Waals surface area contributed by atoms with E-state index in [-0.39, 0.29) is 12.0 Å². The van der Waals surface area contributed by atoms with Crippen LogP contribution < -0.4 is 5.32 Å². The molecule has 0 aromatic heterocycles. The third-order valence-corrected chi connectivity index (χ3v) is 2.42. The Morgan fingerprint density at radius 2 is 2.13 bits per heavy atom. The van der Waals surface area contributed by atoms with E-state index < -0.39 is 0 Å². The molecule has 0 spiro atoms. The Balaban J connectivity index is 2.49. The molecule has 1 aliphatic rings. The van der Waals surface area contributed by atoms with Crippen molar-refractivity contribution in [3.63, 3.8) is 0 Å². The Hall–Kier alpha value is -1.77. The van der Waals surface area contributed by atoms with Gasteiger partial charge in [0.25, 0.3) is 0 Å². The summed E-state index contributed by atoms with van der Waals surface area (Å²) in [6.07, 6.45) is 1.88. The maximum absolute atomic E-state index is 11.6. The molecule has 15 heavy (non-hydrogen) atoms. The number of carbonyl (C=O) groups is 1. The summed E-state index contributed by atoms with van der Waals surface area (Å²) in [6, 6.07) is 7.87. The lowest BCUT2D eigenvalue weighted by atomic mass is 9.97. The van der Waals surface area contributed by atoms with Crippen LogP contribution in [0.5, 0.6) is 0 Å². The molecule has 1 atom stereocenters. The number of methoxy groups -OCH3 is 1. The normalized spacial score (nSPS) is 18.5. The van der Waals surface area contributed by atoms with Crippen molar-refractivity contribution in [2.45, 2.75) is 13.0 Å². The van der Waals surface area contributed by atoms with Gasteiger partial charge in [0.2, 0.25) is 0 Å². The van der Waals surface area contributed by atoms with E-state index in [1.54, 1.807) is 0 Å². The van der Waals surface area contributed by atoms with Gasteiger partial charge in [0, 0.05) is 17.3 Å². The lowest BCUT2D eigenvalue weighted by Crippen LogP contribution is -2.21. The first-order valence-corrected chi connectivity index (χ1v) is 4.88. The van der Waals surface area contributed by atoms with Gasteiger partial charge in [-0.15, -0.1) is 0 Å². The highest BCUT2D eigenvalue weighted by molar-refractivity contribution is 6.18. The molecule has 1 N–H and O–H groups in total. The van der Waals surface area contributed by atoms with E-state index in [9.17, 15) is 4.79 Å². The summed E-state index contributed by atoms with van der Waals surface area (Å²) in [4.78, 5) is 11.6. The standard InChI is InChI=1S/C12H13NO2/c1-8-7-10(12(14)15-2)9-5-3-4-6-11(9)13-8/h3-8,13H,1-2H3. The third-order valence-electron chi connectivity index (χ3n) is 2.42. The average molecular weight is 203 g/mol. The van der Waals surface area contributed by atoms with Crippen molar-refractivity contribution in [3.8, 4) is 0 Å². The van der Waals surface area contributed by atoms with E-state index in [0.717, 1.165) is 11.3 Å². The van der Waals surface area contributed by atoms with Crippen molar-refractivity contribution in [2.75, 3.05) is 12.4 Å². The van der Waals surface area contributed by atoms with Gasteiger partial charge in [-0.2, -0.15) is 0 Å².